The Morgan fingerprint density at radius 1 is 1.62 bits per heavy atom. The number of carbonyl (C=O) groups excluding carboxylic acids is 1. The van der Waals surface area contributed by atoms with Gasteiger partial charge in [0.2, 0.25) is 5.91 Å². The number of aromatic nitrogens is 1. The summed E-state index contributed by atoms with van der Waals surface area (Å²) in [7, 11) is 0. The topological polar surface area (TPSA) is 81.2 Å². The number of carbonyl (C=O) groups is 1. The molecule has 1 aromatic carbocycles. The van der Waals surface area contributed by atoms with Crippen molar-refractivity contribution in [2.45, 2.75) is 13.0 Å². The van der Waals surface area contributed by atoms with E-state index in [1.54, 1.807) is 6.92 Å². The molecule has 84 valence electrons. The summed E-state index contributed by atoms with van der Waals surface area (Å²) in [6.45, 7) is 1.67. The lowest BCUT2D eigenvalue weighted by Gasteiger charge is -2.07. The van der Waals surface area contributed by atoms with Crippen molar-refractivity contribution in [3.8, 4) is 0 Å². The molecular formula is C10H10BrN3O2. The van der Waals surface area contributed by atoms with Gasteiger partial charge in [0, 0.05) is 4.47 Å². The van der Waals surface area contributed by atoms with E-state index in [-0.39, 0.29) is 0 Å². The number of rotatable bonds is 3. The van der Waals surface area contributed by atoms with Crippen molar-refractivity contribution in [2.24, 2.45) is 5.73 Å². The van der Waals surface area contributed by atoms with Crippen LogP contribution in [0.15, 0.2) is 27.2 Å². The molecule has 0 aliphatic rings. The summed E-state index contributed by atoms with van der Waals surface area (Å²) in [5.41, 5.74) is 5.80. The van der Waals surface area contributed by atoms with Crippen LogP contribution in [0.25, 0.3) is 11.0 Å². The van der Waals surface area contributed by atoms with Gasteiger partial charge in [0.05, 0.1) is 5.39 Å². The third-order valence-corrected chi connectivity index (χ3v) is 2.71. The van der Waals surface area contributed by atoms with Gasteiger partial charge in [0.15, 0.2) is 11.4 Å². The second-order valence-electron chi connectivity index (χ2n) is 3.44. The van der Waals surface area contributed by atoms with Gasteiger partial charge in [-0.05, 0) is 25.1 Å². The first kappa shape index (κ1) is 10.9. The average Bonchev–Trinajstić information content (AvgIpc) is 2.60. The molecule has 0 radical (unpaired) electrons. The van der Waals surface area contributed by atoms with Crippen molar-refractivity contribution >= 4 is 38.6 Å². The van der Waals surface area contributed by atoms with E-state index in [2.05, 4.69) is 26.4 Å². The fraction of sp³-hybridized carbons (Fsp3) is 0.200. The third-order valence-electron chi connectivity index (χ3n) is 2.21. The molecule has 1 atom stereocenters. The van der Waals surface area contributed by atoms with Crippen LogP contribution in [0.4, 0.5) is 5.82 Å². The molecule has 0 saturated heterocycles. The molecule has 3 N–H and O–H groups in total. The van der Waals surface area contributed by atoms with Crippen LogP contribution >= 0.6 is 15.9 Å². The van der Waals surface area contributed by atoms with E-state index in [9.17, 15) is 4.79 Å². The van der Waals surface area contributed by atoms with Crippen molar-refractivity contribution < 1.29 is 9.32 Å². The maximum Gasteiger partial charge on any atom is 0.239 e. The molecule has 16 heavy (non-hydrogen) atoms. The summed E-state index contributed by atoms with van der Waals surface area (Å²) >= 11 is 3.33. The Labute approximate surface area is 100 Å². The summed E-state index contributed by atoms with van der Waals surface area (Å²) in [6.07, 6.45) is 0. The molecular weight excluding hydrogens is 274 g/mol. The molecule has 1 heterocycles. The van der Waals surface area contributed by atoms with Crippen LogP contribution in [0, 0.1) is 0 Å². The number of nitrogens with zero attached hydrogens (tertiary/aromatic N) is 1. The molecule has 2 aromatic rings. The first-order valence-corrected chi connectivity index (χ1v) is 5.48. The van der Waals surface area contributed by atoms with Gasteiger partial charge in [-0.3, -0.25) is 4.79 Å². The number of nitrogens with one attached hydrogen (secondary N) is 1. The summed E-state index contributed by atoms with van der Waals surface area (Å²) < 4.78 is 6.02. The van der Waals surface area contributed by atoms with Crippen molar-refractivity contribution in [1.29, 1.82) is 0 Å². The molecule has 0 fully saturated rings. The highest BCUT2D eigenvalue weighted by atomic mass is 79.9. The van der Waals surface area contributed by atoms with Crippen LogP contribution < -0.4 is 11.1 Å². The van der Waals surface area contributed by atoms with E-state index in [0.717, 1.165) is 9.86 Å². The second-order valence-corrected chi connectivity index (χ2v) is 4.36. The molecule has 0 bridgehead atoms. The van der Waals surface area contributed by atoms with Gasteiger partial charge in [0.25, 0.3) is 0 Å². The zero-order valence-corrected chi connectivity index (χ0v) is 10.1. The number of benzene rings is 1. The van der Waals surface area contributed by atoms with E-state index in [1.807, 2.05) is 18.2 Å². The zero-order valence-electron chi connectivity index (χ0n) is 8.53. The second kappa shape index (κ2) is 4.13. The number of fused-ring (bicyclic) bond motifs is 1. The predicted molar refractivity (Wildman–Crippen MR) is 64.0 cm³/mol. The SMILES string of the molecule is CC(Nc1noc2cc(Br)ccc12)C(N)=O. The molecule has 0 saturated carbocycles. The number of primary amides is 1. The molecule has 1 unspecified atom stereocenters. The van der Waals surface area contributed by atoms with Crippen LogP contribution in [0.1, 0.15) is 6.92 Å². The number of nitrogens with two attached hydrogens (primary N) is 1. The van der Waals surface area contributed by atoms with Crippen molar-refractivity contribution in [3.05, 3.63) is 22.7 Å². The van der Waals surface area contributed by atoms with Gasteiger partial charge in [-0.1, -0.05) is 21.1 Å². The first-order valence-electron chi connectivity index (χ1n) is 4.68. The van der Waals surface area contributed by atoms with Crippen molar-refractivity contribution in [1.82, 2.24) is 5.16 Å². The monoisotopic (exact) mass is 283 g/mol. The van der Waals surface area contributed by atoms with E-state index in [4.69, 9.17) is 10.3 Å². The Kier molecular flexibility index (Phi) is 2.82. The lowest BCUT2D eigenvalue weighted by atomic mass is 10.2. The Bertz CT molecular complexity index is 538. The summed E-state index contributed by atoms with van der Waals surface area (Å²) in [6, 6.07) is 5.05. The Morgan fingerprint density at radius 3 is 3.06 bits per heavy atom. The number of hydrogen-bond acceptors (Lipinski definition) is 4. The molecule has 2 rings (SSSR count). The van der Waals surface area contributed by atoms with E-state index >= 15 is 0 Å². The summed E-state index contributed by atoms with van der Waals surface area (Å²) in [4.78, 5) is 10.9. The summed E-state index contributed by atoms with van der Waals surface area (Å²) in [5.74, 6) is 0.0852. The highest BCUT2D eigenvalue weighted by Crippen LogP contribution is 2.26. The molecule has 0 aliphatic heterocycles. The van der Waals surface area contributed by atoms with Gasteiger partial charge in [-0.25, -0.2) is 0 Å². The van der Waals surface area contributed by atoms with Gasteiger partial charge in [0.1, 0.15) is 6.04 Å². The van der Waals surface area contributed by atoms with E-state index in [0.29, 0.717) is 11.4 Å². The first-order chi connectivity index (χ1) is 7.58. The lowest BCUT2D eigenvalue weighted by Crippen LogP contribution is -2.32. The predicted octanol–water partition coefficient (Wildman–Crippen LogP) is 1.88. The smallest absolute Gasteiger partial charge is 0.239 e. The van der Waals surface area contributed by atoms with Crippen LogP contribution in [-0.4, -0.2) is 17.1 Å². The van der Waals surface area contributed by atoms with Gasteiger partial charge in [-0.2, -0.15) is 0 Å². The number of anilines is 1. The quantitative estimate of drug-likeness (QED) is 0.901. The van der Waals surface area contributed by atoms with E-state index < -0.39 is 11.9 Å². The molecule has 0 spiro atoms. The normalized spacial score (nSPS) is 12.6. The van der Waals surface area contributed by atoms with Crippen LogP contribution in [0.3, 0.4) is 0 Å². The van der Waals surface area contributed by atoms with Crippen molar-refractivity contribution in [3.63, 3.8) is 0 Å². The molecule has 1 aromatic heterocycles. The van der Waals surface area contributed by atoms with Crippen LogP contribution in [-0.2, 0) is 4.79 Å². The standard InChI is InChI=1S/C10H10BrN3O2/c1-5(9(12)15)13-10-7-3-2-6(11)4-8(7)16-14-10/h2-5H,1H3,(H2,12,15)(H,13,14). The minimum atomic E-state index is -0.489. The van der Waals surface area contributed by atoms with E-state index in [1.165, 1.54) is 0 Å². The molecule has 6 heteroatoms. The number of hydrogen-bond donors (Lipinski definition) is 2. The highest BCUT2D eigenvalue weighted by Gasteiger charge is 2.13. The molecule has 5 nitrogen and oxygen atoms in total. The Morgan fingerprint density at radius 2 is 2.38 bits per heavy atom. The maximum absolute atomic E-state index is 10.9. The van der Waals surface area contributed by atoms with Gasteiger partial charge in [-0.15, -0.1) is 0 Å². The lowest BCUT2D eigenvalue weighted by molar-refractivity contribution is -0.118. The van der Waals surface area contributed by atoms with Crippen LogP contribution in [0.2, 0.25) is 0 Å². The minimum Gasteiger partial charge on any atom is -0.368 e. The third kappa shape index (κ3) is 2.01. The number of halogens is 1. The Hall–Kier alpha value is -1.56. The highest BCUT2D eigenvalue weighted by molar-refractivity contribution is 9.10. The Balaban J connectivity index is 2.35. The summed E-state index contributed by atoms with van der Waals surface area (Å²) in [5, 5.41) is 7.55. The largest absolute Gasteiger partial charge is 0.368 e. The average molecular weight is 284 g/mol. The fourth-order valence-corrected chi connectivity index (χ4v) is 1.63. The zero-order chi connectivity index (χ0) is 11.7. The van der Waals surface area contributed by atoms with Gasteiger partial charge >= 0.3 is 0 Å². The maximum atomic E-state index is 10.9. The molecule has 0 aliphatic carbocycles. The fourth-order valence-electron chi connectivity index (χ4n) is 1.29. The van der Waals surface area contributed by atoms with Gasteiger partial charge < -0.3 is 15.6 Å². The minimum absolute atomic E-state index is 0.437. The van der Waals surface area contributed by atoms with Crippen LogP contribution in [0.5, 0.6) is 0 Å². The molecule has 1 amide bonds. The van der Waals surface area contributed by atoms with Crippen molar-refractivity contribution in [2.75, 3.05) is 5.32 Å². The number of amides is 1.